The van der Waals surface area contributed by atoms with Crippen LogP contribution in [-0.4, -0.2) is 89.3 Å². The molecule has 284 valence electrons. The summed E-state index contributed by atoms with van der Waals surface area (Å²) in [7, 11) is -1.86. The molecule has 0 fully saturated rings. The van der Waals surface area contributed by atoms with E-state index in [4.69, 9.17) is 23.4 Å². The molecule has 2 N–H and O–H groups in total. The Bertz CT molecular complexity index is 1780. The number of aliphatic hydroxyl groups is 1. The summed E-state index contributed by atoms with van der Waals surface area (Å²) in [5.74, 6) is -2.29. The molecular formula is C40H46N4O9Si. The van der Waals surface area contributed by atoms with Gasteiger partial charge in [-0.3, -0.25) is 4.79 Å². The molecule has 0 spiro atoms. The minimum atomic E-state index is -3.22. The van der Waals surface area contributed by atoms with Crippen LogP contribution in [0.5, 0.6) is 0 Å². The SMILES string of the molecule is COCO[C@H](COC(=O)c1ccccc1)[C@H](N=[N+]=[N-])C(=O)N[C@@H](CO[Si](c1ccccc1)(c1ccccc1)C(C)(C)C)[C@H](CO)OC(=O)c1ccccc1. The molecule has 0 aromatic heterocycles. The number of aliphatic hydroxyl groups excluding tert-OH is 1. The van der Waals surface area contributed by atoms with Crippen molar-refractivity contribution >= 4 is 36.5 Å². The van der Waals surface area contributed by atoms with Crippen LogP contribution in [0.3, 0.4) is 0 Å². The fourth-order valence-corrected chi connectivity index (χ4v) is 10.7. The molecule has 4 atom stereocenters. The smallest absolute Gasteiger partial charge is 0.338 e. The third kappa shape index (κ3) is 10.6. The summed E-state index contributed by atoms with van der Waals surface area (Å²) in [4.78, 5) is 43.2. The molecule has 0 aliphatic rings. The molecule has 0 bridgehead atoms. The lowest BCUT2D eigenvalue weighted by molar-refractivity contribution is -0.136. The standard InChI is InChI=1S/C40H46N4O9Si/c1-40(2,3)54(31-21-13-7-14-22-31,32-23-15-8-16-24-32)52-26-33(34(25-45)53-39(48)30-19-11-6-12-20-30)42-37(46)36(43-44-41)35(51-28-49-4)27-50-38(47)29-17-9-5-10-18-29/h5-24,33-36,45H,25-28H2,1-4H3,(H,42,46)/t33-,34-,35+,36-/m0/s1. The normalized spacial score (nSPS) is 13.7. The number of ether oxygens (including phenoxy) is 4. The molecule has 0 saturated heterocycles. The van der Waals surface area contributed by atoms with E-state index in [1.807, 2.05) is 60.7 Å². The molecule has 0 aliphatic heterocycles. The van der Waals surface area contributed by atoms with Gasteiger partial charge in [0.25, 0.3) is 8.32 Å². The van der Waals surface area contributed by atoms with Gasteiger partial charge in [0, 0.05) is 12.0 Å². The van der Waals surface area contributed by atoms with Crippen LogP contribution in [0.1, 0.15) is 41.5 Å². The Morgan fingerprint density at radius 2 is 1.28 bits per heavy atom. The number of nitrogens with zero attached hydrogens (tertiary/aromatic N) is 3. The summed E-state index contributed by atoms with van der Waals surface area (Å²) in [6, 6.07) is 33.2. The van der Waals surface area contributed by atoms with Crippen molar-refractivity contribution in [3.05, 3.63) is 143 Å². The molecule has 54 heavy (non-hydrogen) atoms. The monoisotopic (exact) mass is 754 g/mol. The summed E-state index contributed by atoms with van der Waals surface area (Å²) in [6.07, 6.45) is -2.62. The molecule has 13 nitrogen and oxygen atoms in total. The second-order valence-electron chi connectivity index (χ2n) is 13.3. The maximum atomic E-state index is 14.2. The molecule has 1 amide bonds. The van der Waals surface area contributed by atoms with E-state index < -0.39 is 68.7 Å². The van der Waals surface area contributed by atoms with Gasteiger partial charge < -0.3 is 33.8 Å². The molecule has 4 aromatic carbocycles. The summed E-state index contributed by atoms with van der Waals surface area (Å²) < 4.78 is 29.1. The van der Waals surface area contributed by atoms with Crippen LogP contribution in [0, 0.1) is 0 Å². The quantitative estimate of drug-likeness (QED) is 0.0340. The lowest BCUT2D eigenvalue weighted by atomic mass is 10.1. The van der Waals surface area contributed by atoms with Crippen molar-refractivity contribution in [2.24, 2.45) is 5.11 Å². The summed E-state index contributed by atoms with van der Waals surface area (Å²) in [6.45, 7) is 4.50. The highest BCUT2D eigenvalue weighted by molar-refractivity contribution is 6.99. The number of hydrogen-bond acceptors (Lipinski definition) is 10. The van der Waals surface area contributed by atoms with Crippen LogP contribution >= 0.6 is 0 Å². The highest BCUT2D eigenvalue weighted by Gasteiger charge is 2.51. The average Bonchev–Trinajstić information content (AvgIpc) is 3.19. The maximum Gasteiger partial charge on any atom is 0.338 e. The number of esters is 2. The number of amides is 1. The van der Waals surface area contributed by atoms with E-state index in [1.54, 1.807) is 60.7 Å². The Morgan fingerprint density at radius 1 is 0.778 bits per heavy atom. The number of benzene rings is 4. The van der Waals surface area contributed by atoms with Gasteiger partial charge in [-0.05, 0) is 45.2 Å². The predicted molar refractivity (Wildman–Crippen MR) is 205 cm³/mol. The molecule has 0 saturated carbocycles. The zero-order valence-corrected chi connectivity index (χ0v) is 31.7. The number of azide groups is 1. The Morgan fingerprint density at radius 3 is 1.74 bits per heavy atom. The number of methoxy groups -OCH3 is 1. The van der Waals surface area contributed by atoms with Crippen molar-refractivity contribution < 1.29 is 42.9 Å². The Labute approximate surface area is 315 Å². The highest BCUT2D eigenvalue weighted by Crippen LogP contribution is 2.37. The predicted octanol–water partition coefficient (Wildman–Crippen LogP) is 4.79. The van der Waals surface area contributed by atoms with Crippen molar-refractivity contribution in [2.45, 2.75) is 50.1 Å². The minimum absolute atomic E-state index is 0.231. The van der Waals surface area contributed by atoms with E-state index in [0.29, 0.717) is 0 Å². The number of nitrogens with one attached hydrogen (secondary N) is 1. The van der Waals surface area contributed by atoms with Gasteiger partial charge in [0.1, 0.15) is 31.6 Å². The lowest BCUT2D eigenvalue weighted by Crippen LogP contribution is -2.68. The first-order valence-electron chi connectivity index (χ1n) is 17.3. The molecule has 0 radical (unpaired) electrons. The van der Waals surface area contributed by atoms with Crippen LogP contribution in [0.15, 0.2) is 126 Å². The second kappa shape index (κ2) is 20.2. The van der Waals surface area contributed by atoms with E-state index >= 15 is 0 Å². The fourth-order valence-electron chi connectivity index (χ4n) is 6.07. The molecule has 0 aliphatic carbocycles. The third-order valence-corrected chi connectivity index (χ3v) is 13.7. The molecular weight excluding hydrogens is 709 g/mol. The van der Waals surface area contributed by atoms with E-state index in [2.05, 4.69) is 36.1 Å². The number of hydrogen-bond donors (Lipinski definition) is 2. The van der Waals surface area contributed by atoms with E-state index in [-0.39, 0.29) is 24.5 Å². The van der Waals surface area contributed by atoms with E-state index in [9.17, 15) is 25.0 Å². The zero-order valence-electron chi connectivity index (χ0n) is 30.7. The first-order chi connectivity index (χ1) is 26.0. The van der Waals surface area contributed by atoms with Crippen LogP contribution in [0.4, 0.5) is 0 Å². The Kier molecular flexibility index (Phi) is 15.5. The molecule has 0 heterocycles. The van der Waals surface area contributed by atoms with Crippen molar-refractivity contribution in [3.63, 3.8) is 0 Å². The van der Waals surface area contributed by atoms with E-state index in [1.165, 1.54) is 7.11 Å². The number of rotatable bonds is 19. The number of carbonyl (C=O) groups excluding carboxylic acids is 3. The highest BCUT2D eigenvalue weighted by atomic mass is 28.4. The van der Waals surface area contributed by atoms with Gasteiger partial charge in [-0.2, -0.15) is 0 Å². The second-order valence-corrected chi connectivity index (χ2v) is 17.6. The van der Waals surface area contributed by atoms with Gasteiger partial charge in [-0.1, -0.05) is 123 Å². The third-order valence-electron chi connectivity index (χ3n) is 8.71. The van der Waals surface area contributed by atoms with Crippen molar-refractivity contribution in [1.82, 2.24) is 5.32 Å². The van der Waals surface area contributed by atoms with Crippen molar-refractivity contribution in [1.29, 1.82) is 0 Å². The summed E-state index contributed by atoms with van der Waals surface area (Å²) in [5.41, 5.74) is 10.1. The fraction of sp³-hybridized carbons (Fsp3) is 0.325. The Hall–Kier alpha value is -5.34. The molecule has 4 rings (SSSR count). The number of carbonyl (C=O) groups is 3. The van der Waals surface area contributed by atoms with Gasteiger partial charge in [0.05, 0.1) is 30.4 Å². The molecule has 14 heteroatoms. The minimum Gasteiger partial charge on any atom is -0.459 e. The summed E-state index contributed by atoms with van der Waals surface area (Å²) >= 11 is 0. The Balaban J connectivity index is 1.72. The van der Waals surface area contributed by atoms with Gasteiger partial charge in [0.2, 0.25) is 5.91 Å². The first kappa shape index (κ1) is 41.4. The van der Waals surface area contributed by atoms with Crippen LogP contribution < -0.4 is 15.7 Å². The van der Waals surface area contributed by atoms with Crippen molar-refractivity contribution in [3.8, 4) is 0 Å². The van der Waals surface area contributed by atoms with Gasteiger partial charge in [0.15, 0.2) is 0 Å². The van der Waals surface area contributed by atoms with Gasteiger partial charge >= 0.3 is 11.9 Å². The van der Waals surface area contributed by atoms with Crippen LogP contribution in [-0.2, 0) is 28.2 Å². The largest absolute Gasteiger partial charge is 0.459 e. The zero-order chi connectivity index (χ0) is 39.0. The first-order valence-corrected chi connectivity index (χ1v) is 19.3. The molecule has 4 aromatic rings. The van der Waals surface area contributed by atoms with Crippen LogP contribution in [0.2, 0.25) is 5.04 Å². The topological polar surface area (TPSA) is 178 Å². The van der Waals surface area contributed by atoms with Crippen LogP contribution in [0.25, 0.3) is 10.4 Å². The van der Waals surface area contributed by atoms with Gasteiger partial charge in [-0.15, -0.1) is 0 Å². The molecule has 0 unspecified atom stereocenters. The lowest BCUT2D eigenvalue weighted by Gasteiger charge is -2.44. The van der Waals surface area contributed by atoms with Gasteiger partial charge in [-0.25, -0.2) is 9.59 Å². The average molecular weight is 755 g/mol. The van der Waals surface area contributed by atoms with Crippen molar-refractivity contribution in [2.75, 3.05) is 33.7 Å². The van der Waals surface area contributed by atoms with E-state index in [0.717, 1.165) is 10.4 Å². The summed E-state index contributed by atoms with van der Waals surface area (Å²) in [5, 5.41) is 18.7. The maximum absolute atomic E-state index is 14.2.